The Hall–Kier alpha value is -1.67. The van der Waals surface area contributed by atoms with E-state index in [9.17, 15) is 17.6 Å². The van der Waals surface area contributed by atoms with Gasteiger partial charge in [0.2, 0.25) is 15.9 Å². The minimum absolute atomic E-state index is 0.0517. The third kappa shape index (κ3) is 3.45. The van der Waals surface area contributed by atoms with E-state index >= 15 is 0 Å². The quantitative estimate of drug-likeness (QED) is 0.803. The van der Waals surface area contributed by atoms with Gasteiger partial charge < -0.3 is 10.6 Å². The van der Waals surface area contributed by atoms with Crippen molar-refractivity contribution in [3.63, 3.8) is 0 Å². The average Bonchev–Trinajstić information content (AvgIpc) is 2.37. The molecule has 0 saturated carbocycles. The third-order valence-electron chi connectivity index (χ3n) is 2.74. The maximum Gasteiger partial charge on any atom is 0.246 e. The van der Waals surface area contributed by atoms with Crippen molar-refractivity contribution in [3.8, 4) is 0 Å². The second-order valence-electron chi connectivity index (χ2n) is 4.41. The van der Waals surface area contributed by atoms with E-state index in [0.29, 0.717) is 0 Å². The monoisotopic (exact) mass is 303 g/mol. The zero-order valence-corrected chi connectivity index (χ0v) is 12.4. The van der Waals surface area contributed by atoms with Crippen LogP contribution in [0.1, 0.15) is 6.92 Å². The van der Waals surface area contributed by atoms with Gasteiger partial charge in [-0.25, -0.2) is 12.8 Å². The lowest BCUT2D eigenvalue weighted by Gasteiger charge is -2.22. The smallest absolute Gasteiger partial charge is 0.246 e. The first-order chi connectivity index (χ1) is 9.20. The van der Waals surface area contributed by atoms with Crippen molar-refractivity contribution in [2.75, 3.05) is 32.9 Å². The standard InChI is InChI=1S/C12H18FN3O3S/c1-4-16(8-12(17)15(2)3)20(18,19)11-7-9(14)5-6-10(11)13/h5-7H,4,8,14H2,1-3H3. The Morgan fingerprint density at radius 2 is 1.95 bits per heavy atom. The maximum absolute atomic E-state index is 13.7. The lowest BCUT2D eigenvalue weighted by atomic mass is 10.3. The zero-order chi connectivity index (χ0) is 15.5. The molecule has 0 heterocycles. The Kier molecular flexibility index (Phi) is 5.07. The molecule has 1 rings (SSSR count). The minimum Gasteiger partial charge on any atom is -0.399 e. The maximum atomic E-state index is 13.7. The molecule has 8 heteroatoms. The number of carbonyl (C=O) groups is 1. The van der Waals surface area contributed by atoms with Crippen LogP contribution in [0.4, 0.5) is 10.1 Å². The number of nitrogen functional groups attached to an aromatic ring is 1. The fourth-order valence-electron chi connectivity index (χ4n) is 1.52. The average molecular weight is 303 g/mol. The summed E-state index contributed by atoms with van der Waals surface area (Å²) in [4.78, 5) is 12.4. The summed E-state index contributed by atoms with van der Waals surface area (Å²) in [5, 5.41) is 0. The van der Waals surface area contributed by atoms with Gasteiger partial charge in [0.1, 0.15) is 10.7 Å². The summed E-state index contributed by atoms with van der Waals surface area (Å²) in [7, 11) is -1.07. The molecule has 0 atom stereocenters. The Morgan fingerprint density at radius 1 is 1.35 bits per heavy atom. The molecule has 20 heavy (non-hydrogen) atoms. The molecule has 112 valence electrons. The van der Waals surface area contributed by atoms with E-state index < -0.39 is 20.7 Å². The van der Waals surface area contributed by atoms with Crippen LogP contribution in [0, 0.1) is 5.82 Å². The van der Waals surface area contributed by atoms with Crippen molar-refractivity contribution in [1.29, 1.82) is 0 Å². The van der Waals surface area contributed by atoms with Crippen molar-refractivity contribution in [2.45, 2.75) is 11.8 Å². The topological polar surface area (TPSA) is 83.7 Å². The summed E-state index contributed by atoms with van der Waals surface area (Å²) in [5.41, 5.74) is 5.63. The second-order valence-corrected chi connectivity index (χ2v) is 6.32. The van der Waals surface area contributed by atoms with Crippen molar-refractivity contribution in [3.05, 3.63) is 24.0 Å². The predicted octanol–water partition coefficient (Wildman–Crippen LogP) is 0.507. The molecule has 6 nitrogen and oxygen atoms in total. The highest BCUT2D eigenvalue weighted by molar-refractivity contribution is 7.89. The molecule has 2 N–H and O–H groups in total. The van der Waals surface area contributed by atoms with Gasteiger partial charge in [-0.15, -0.1) is 0 Å². The molecular weight excluding hydrogens is 285 g/mol. The molecule has 1 amide bonds. The Morgan fingerprint density at radius 3 is 2.45 bits per heavy atom. The SMILES string of the molecule is CCN(CC(=O)N(C)C)S(=O)(=O)c1cc(N)ccc1F. The highest BCUT2D eigenvalue weighted by Gasteiger charge is 2.28. The van der Waals surface area contributed by atoms with Gasteiger partial charge in [0.15, 0.2) is 0 Å². The van der Waals surface area contributed by atoms with Gasteiger partial charge in [-0.1, -0.05) is 6.92 Å². The van der Waals surface area contributed by atoms with Crippen molar-refractivity contribution < 1.29 is 17.6 Å². The van der Waals surface area contributed by atoms with Crippen LogP contribution in [0.15, 0.2) is 23.1 Å². The number of benzene rings is 1. The number of amides is 1. The predicted molar refractivity (Wildman–Crippen MR) is 73.9 cm³/mol. The molecule has 0 saturated heterocycles. The van der Waals surface area contributed by atoms with Crippen molar-refractivity contribution >= 4 is 21.6 Å². The number of nitrogens with zero attached hydrogens (tertiary/aromatic N) is 2. The van der Waals surface area contributed by atoms with Gasteiger partial charge >= 0.3 is 0 Å². The summed E-state index contributed by atoms with van der Waals surface area (Å²) in [6, 6.07) is 3.31. The number of likely N-dealkylation sites (N-methyl/N-ethyl adjacent to an activating group) is 2. The fraction of sp³-hybridized carbons (Fsp3) is 0.417. The lowest BCUT2D eigenvalue weighted by molar-refractivity contribution is -0.128. The number of rotatable bonds is 5. The van der Waals surface area contributed by atoms with Crippen LogP contribution in [0.5, 0.6) is 0 Å². The van der Waals surface area contributed by atoms with Gasteiger partial charge in [-0.2, -0.15) is 4.31 Å². The van der Waals surface area contributed by atoms with E-state index in [4.69, 9.17) is 5.73 Å². The molecule has 1 aromatic carbocycles. The van der Waals surface area contributed by atoms with Crippen LogP contribution in [0.25, 0.3) is 0 Å². The number of hydrogen-bond donors (Lipinski definition) is 1. The molecule has 0 bridgehead atoms. The van der Waals surface area contributed by atoms with E-state index in [2.05, 4.69) is 0 Å². The minimum atomic E-state index is -4.10. The van der Waals surface area contributed by atoms with Gasteiger partial charge in [0.25, 0.3) is 0 Å². The first-order valence-electron chi connectivity index (χ1n) is 5.95. The van der Waals surface area contributed by atoms with E-state index in [1.807, 2.05) is 0 Å². The van der Waals surface area contributed by atoms with E-state index in [0.717, 1.165) is 16.4 Å². The number of hydrogen-bond acceptors (Lipinski definition) is 4. The molecule has 0 aromatic heterocycles. The van der Waals surface area contributed by atoms with Crippen LogP contribution >= 0.6 is 0 Å². The first-order valence-corrected chi connectivity index (χ1v) is 7.39. The molecule has 0 spiro atoms. The summed E-state index contributed by atoms with van der Waals surface area (Å²) < 4.78 is 39.3. The van der Waals surface area contributed by atoms with Gasteiger partial charge in [0.05, 0.1) is 6.54 Å². The van der Waals surface area contributed by atoms with Crippen molar-refractivity contribution in [1.82, 2.24) is 9.21 Å². The Balaban J connectivity index is 3.19. The lowest BCUT2D eigenvalue weighted by Crippen LogP contribution is -2.40. The van der Waals surface area contributed by atoms with Crippen LogP contribution in [0.2, 0.25) is 0 Å². The highest BCUT2D eigenvalue weighted by Crippen LogP contribution is 2.21. The Labute approximate surface area is 118 Å². The van der Waals surface area contributed by atoms with Crippen LogP contribution in [-0.4, -0.2) is 50.7 Å². The first kappa shape index (κ1) is 16.4. The number of nitrogens with two attached hydrogens (primary N) is 1. The molecule has 0 aliphatic heterocycles. The van der Waals surface area contributed by atoms with Crippen LogP contribution < -0.4 is 5.73 Å². The summed E-state index contributed by atoms with van der Waals surface area (Å²) in [5.74, 6) is -1.28. The molecule has 0 unspecified atom stereocenters. The summed E-state index contributed by atoms with van der Waals surface area (Å²) >= 11 is 0. The zero-order valence-electron chi connectivity index (χ0n) is 11.6. The fourth-order valence-corrected chi connectivity index (χ4v) is 3.01. The largest absolute Gasteiger partial charge is 0.399 e. The number of sulfonamides is 1. The van der Waals surface area contributed by atoms with Gasteiger partial charge in [-0.3, -0.25) is 4.79 Å². The van der Waals surface area contributed by atoms with Crippen molar-refractivity contribution in [2.24, 2.45) is 0 Å². The Bertz CT molecular complexity index is 602. The highest BCUT2D eigenvalue weighted by atomic mass is 32.2. The molecule has 0 radical (unpaired) electrons. The van der Waals surface area contributed by atoms with Gasteiger partial charge in [0, 0.05) is 26.3 Å². The van der Waals surface area contributed by atoms with Crippen LogP contribution in [-0.2, 0) is 14.8 Å². The van der Waals surface area contributed by atoms with Gasteiger partial charge in [-0.05, 0) is 18.2 Å². The number of anilines is 1. The molecule has 0 fully saturated rings. The second kappa shape index (κ2) is 6.19. The summed E-state index contributed by atoms with van der Waals surface area (Å²) in [6.07, 6.45) is 0. The molecular formula is C12H18FN3O3S. The molecule has 1 aromatic rings. The number of carbonyl (C=O) groups excluding carboxylic acids is 1. The van der Waals surface area contributed by atoms with E-state index in [1.165, 1.54) is 25.1 Å². The van der Waals surface area contributed by atoms with E-state index in [-0.39, 0.29) is 24.7 Å². The third-order valence-corrected chi connectivity index (χ3v) is 4.67. The number of halogens is 1. The molecule has 0 aliphatic rings. The van der Waals surface area contributed by atoms with E-state index in [1.54, 1.807) is 6.92 Å². The normalized spacial score (nSPS) is 11.7. The van der Waals surface area contributed by atoms with Crippen LogP contribution in [0.3, 0.4) is 0 Å². The molecule has 0 aliphatic carbocycles. The summed E-state index contributed by atoms with van der Waals surface area (Å²) in [6.45, 7) is 1.28.